The summed E-state index contributed by atoms with van der Waals surface area (Å²) in [5.74, 6) is -4.70. The summed E-state index contributed by atoms with van der Waals surface area (Å²) in [7, 11) is 0. The lowest BCUT2D eigenvalue weighted by Crippen LogP contribution is -2.51. The van der Waals surface area contributed by atoms with Crippen molar-refractivity contribution in [3.8, 4) is 0 Å². The van der Waals surface area contributed by atoms with Crippen LogP contribution in [0, 0.1) is 17.8 Å². The van der Waals surface area contributed by atoms with Gasteiger partial charge >= 0.3 is 23.9 Å². The highest BCUT2D eigenvalue weighted by Crippen LogP contribution is 2.56. The number of aliphatic hydroxyl groups excluding tert-OH is 1. The van der Waals surface area contributed by atoms with Crippen molar-refractivity contribution < 1.29 is 43.2 Å². The zero-order chi connectivity index (χ0) is 24.9. The summed E-state index contributed by atoms with van der Waals surface area (Å²) in [5, 5.41) is 10.9. The maximum atomic E-state index is 13.0. The second-order valence-electron chi connectivity index (χ2n) is 9.58. The molecule has 3 aliphatic rings. The molecule has 0 radical (unpaired) electrons. The van der Waals surface area contributed by atoms with E-state index in [0.717, 1.165) is 5.57 Å². The van der Waals surface area contributed by atoms with E-state index in [9.17, 15) is 24.3 Å². The van der Waals surface area contributed by atoms with Gasteiger partial charge in [-0.25, -0.2) is 9.59 Å². The van der Waals surface area contributed by atoms with Crippen molar-refractivity contribution in [2.24, 2.45) is 17.8 Å². The number of rotatable bonds is 4. The lowest BCUT2D eigenvalue weighted by molar-refractivity contribution is -0.184. The molecule has 0 spiro atoms. The van der Waals surface area contributed by atoms with Crippen LogP contribution in [0.5, 0.6) is 0 Å². The third-order valence-electron chi connectivity index (χ3n) is 7.16. The van der Waals surface area contributed by atoms with E-state index in [-0.39, 0.29) is 6.42 Å². The van der Waals surface area contributed by atoms with Crippen LogP contribution in [0.4, 0.5) is 0 Å². The minimum absolute atomic E-state index is 0.0245. The number of aliphatic hydroxyl groups is 1. The number of hydrogen-bond acceptors (Lipinski definition) is 9. The van der Waals surface area contributed by atoms with Crippen molar-refractivity contribution in [1.29, 1.82) is 0 Å². The molecule has 1 heterocycles. The molecule has 1 saturated carbocycles. The fraction of sp³-hybridized carbons (Fsp3) is 0.667. The molecule has 0 aromatic heterocycles. The Labute approximate surface area is 193 Å². The highest BCUT2D eigenvalue weighted by atomic mass is 16.6. The van der Waals surface area contributed by atoms with E-state index in [1.807, 2.05) is 0 Å². The molecule has 0 aromatic carbocycles. The number of fused-ring (bicyclic) bond motifs is 3. The van der Waals surface area contributed by atoms with E-state index in [2.05, 4.69) is 0 Å². The van der Waals surface area contributed by atoms with Crippen molar-refractivity contribution in [3.05, 3.63) is 23.3 Å². The summed E-state index contributed by atoms with van der Waals surface area (Å²) in [6.45, 7) is 10.6. The van der Waals surface area contributed by atoms with Crippen molar-refractivity contribution in [2.45, 2.75) is 84.4 Å². The van der Waals surface area contributed by atoms with Gasteiger partial charge in [0, 0.05) is 37.7 Å². The van der Waals surface area contributed by atoms with Crippen LogP contribution in [0.15, 0.2) is 23.3 Å². The maximum Gasteiger partial charge on any atom is 0.351 e. The Morgan fingerprint density at radius 2 is 1.73 bits per heavy atom. The van der Waals surface area contributed by atoms with Crippen molar-refractivity contribution in [2.75, 3.05) is 0 Å². The molecular weight excluding hydrogens is 432 g/mol. The van der Waals surface area contributed by atoms with Crippen LogP contribution in [0.25, 0.3) is 0 Å². The van der Waals surface area contributed by atoms with Gasteiger partial charge < -0.3 is 24.1 Å². The second kappa shape index (κ2) is 8.59. The lowest BCUT2D eigenvalue weighted by atomic mass is 9.74. The summed E-state index contributed by atoms with van der Waals surface area (Å²) in [5.41, 5.74) is -1.89. The van der Waals surface area contributed by atoms with Crippen LogP contribution in [-0.4, -0.2) is 58.5 Å². The fourth-order valence-electron chi connectivity index (χ4n) is 5.78. The largest absolute Gasteiger partial charge is 0.459 e. The van der Waals surface area contributed by atoms with Crippen molar-refractivity contribution in [3.63, 3.8) is 0 Å². The minimum atomic E-state index is -1.73. The monoisotopic (exact) mass is 464 g/mol. The molecule has 3 rings (SSSR count). The van der Waals surface area contributed by atoms with Gasteiger partial charge in [-0.05, 0) is 34.6 Å². The normalized spacial score (nSPS) is 40.1. The number of esters is 4. The number of ether oxygens (including phenoxy) is 4. The summed E-state index contributed by atoms with van der Waals surface area (Å²) in [6, 6.07) is 0. The molecule has 0 unspecified atom stereocenters. The molecule has 8 atom stereocenters. The van der Waals surface area contributed by atoms with Crippen LogP contribution in [0.1, 0.15) is 54.9 Å². The van der Waals surface area contributed by atoms with Gasteiger partial charge in [0.15, 0.2) is 0 Å². The van der Waals surface area contributed by atoms with Crippen LogP contribution < -0.4 is 0 Å². The first-order valence-corrected chi connectivity index (χ1v) is 11.1. The third kappa shape index (κ3) is 4.18. The molecule has 9 heteroatoms. The summed E-state index contributed by atoms with van der Waals surface area (Å²) >= 11 is 0. The van der Waals surface area contributed by atoms with Gasteiger partial charge in [0.25, 0.3) is 0 Å². The van der Waals surface area contributed by atoms with Gasteiger partial charge in [-0.2, -0.15) is 0 Å². The Balaban J connectivity index is 2.20. The first-order chi connectivity index (χ1) is 15.2. The van der Waals surface area contributed by atoms with Gasteiger partial charge in [-0.3, -0.25) is 9.59 Å². The molecule has 33 heavy (non-hydrogen) atoms. The van der Waals surface area contributed by atoms with Gasteiger partial charge in [0.1, 0.15) is 17.8 Å². The zero-order valence-electron chi connectivity index (χ0n) is 20.0. The van der Waals surface area contributed by atoms with E-state index >= 15 is 0 Å². The molecule has 1 aliphatic heterocycles. The average Bonchev–Trinajstić information content (AvgIpc) is 3.07. The Kier molecular flexibility index (Phi) is 6.50. The molecule has 1 N–H and O–H groups in total. The number of carbonyl (C=O) groups excluding carboxylic acids is 4. The Morgan fingerprint density at radius 1 is 1.12 bits per heavy atom. The Bertz CT molecular complexity index is 934. The average molecular weight is 465 g/mol. The van der Waals surface area contributed by atoms with E-state index < -0.39 is 71.1 Å². The van der Waals surface area contributed by atoms with Gasteiger partial charge in [-0.1, -0.05) is 17.7 Å². The number of carbonyl (C=O) groups is 4. The Hall–Kier alpha value is -2.68. The zero-order valence-corrected chi connectivity index (χ0v) is 20.0. The second-order valence-corrected chi connectivity index (χ2v) is 9.58. The van der Waals surface area contributed by atoms with Gasteiger partial charge in [0.2, 0.25) is 5.60 Å². The van der Waals surface area contributed by atoms with E-state index in [4.69, 9.17) is 18.9 Å². The first-order valence-electron chi connectivity index (χ1n) is 11.1. The van der Waals surface area contributed by atoms with Gasteiger partial charge in [0.05, 0.1) is 12.0 Å². The molecule has 2 aliphatic carbocycles. The third-order valence-corrected chi connectivity index (χ3v) is 7.16. The number of allylic oxidation sites excluding steroid dienone is 1. The smallest absolute Gasteiger partial charge is 0.351 e. The highest BCUT2D eigenvalue weighted by molar-refractivity contribution is 5.88. The topological polar surface area (TPSA) is 125 Å². The minimum Gasteiger partial charge on any atom is -0.459 e. The molecular formula is C24H32O9. The lowest BCUT2D eigenvalue weighted by Gasteiger charge is -2.40. The highest BCUT2D eigenvalue weighted by Gasteiger charge is 2.69. The van der Waals surface area contributed by atoms with E-state index in [1.165, 1.54) is 20.8 Å². The molecule has 0 amide bonds. The molecule has 0 aromatic rings. The van der Waals surface area contributed by atoms with Crippen molar-refractivity contribution >= 4 is 23.9 Å². The quantitative estimate of drug-likeness (QED) is 0.288. The molecule has 182 valence electrons. The van der Waals surface area contributed by atoms with Crippen LogP contribution >= 0.6 is 0 Å². The van der Waals surface area contributed by atoms with E-state index in [0.29, 0.717) is 5.57 Å². The van der Waals surface area contributed by atoms with Crippen LogP contribution in [0.3, 0.4) is 0 Å². The van der Waals surface area contributed by atoms with E-state index in [1.54, 1.807) is 39.8 Å². The molecule has 0 bridgehead atoms. The SMILES string of the molecule is C/C=C(\C)C(=O)O[C@H]1C[C@](C)(OC(C)=O)[C@@H]2[C@@H](C(C)=C[C@@H]2O)[C@@H]2OC(=O)[C@@](C)(OC(C)=O)[C@@H]21. The standard InChI is InChI=1S/C24H32O9/c1-8-11(2)21(28)30-16-10-23(6,32-13(4)25)18-15(27)9-12(3)17(18)20-19(16)24(7,22(29)31-20)33-14(5)26/h8-9,15-20,27H,10H2,1-7H3/b11-8+/t15-,16-,17+,18-,19+,20-,23-,24-/m0/s1. The maximum absolute atomic E-state index is 13.0. The van der Waals surface area contributed by atoms with Crippen molar-refractivity contribution in [1.82, 2.24) is 0 Å². The number of hydrogen-bond donors (Lipinski definition) is 1. The summed E-state index contributed by atoms with van der Waals surface area (Å²) < 4.78 is 22.9. The first kappa shape index (κ1) is 25.0. The molecule has 1 saturated heterocycles. The molecule has 2 fully saturated rings. The molecule has 9 nitrogen and oxygen atoms in total. The summed E-state index contributed by atoms with van der Waals surface area (Å²) in [6.07, 6.45) is 0.355. The fourth-order valence-corrected chi connectivity index (χ4v) is 5.78. The van der Waals surface area contributed by atoms with Crippen LogP contribution in [0.2, 0.25) is 0 Å². The summed E-state index contributed by atoms with van der Waals surface area (Å²) in [4.78, 5) is 49.8. The van der Waals surface area contributed by atoms with Gasteiger partial charge in [-0.15, -0.1) is 0 Å². The predicted octanol–water partition coefficient (Wildman–Crippen LogP) is 2.01. The van der Waals surface area contributed by atoms with Crippen LogP contribution in [-0.2, 0) is 38.1 Å². The Morgan fingerprint density at radius 3 is 2.27 bits per heavy atom. The predicted molar refractivity (Wildman–Crippen MR) is 114 cm³/mol.